The summed E-state index contributed by atoms with van der Waals surface area (Å²) in [4.78, 5) is 13.4. The first-order valence-corrected chi connectivity index (χ1v) is 7.83. The molecule has 1 aromatic carbocycles. The van der Waals surface area contributed by atoms with E-state index in [1.807, 2.05) is 25.1 Å². The van der Waals surface area contributed by atoms with Gasteiger partial charge in [0, 0.05) is 9.90 Å². The summed E-state index contributed by atoms with van der Waals surface area (Å²) < 4.78 is 4.82. The van der Waals surface area contributed by atoms with Crippen LogP contribution in [0.4, 0.5) is 5.69 Å². The topological polar surface area (TPSA) is 52.3 Å². The average Bonchev–Trinajstić information content (AvgIpc) is 2.75. The molecule has 0 radical (unpaired) electrons. The minimum atomic E-state index is -0.391. The molecule has 0 aliphatic heterocycles. The third-order valence-corrected chi connectivity index (χ3v) is 4.83. The summed E-state index contributed by atoms with van der Waals surface area (Å²) >= 11 is 7.40. The number of anilines is 1. The molecule has 0 saturated carbocycles. The van der Waals surface area contributed by atoms with Gasteiger partial charge in [-0.1, -0.05) is 31.5 Å². The third-order valence-electron chi connectivity index (χ3n) is 3.36. The molecular formula is C16H18ClNO2S. The van der Waals surface area contributed by atoms with E-state index in [1.165, 1.54) is 18.4 Å². The Hall–Kier alpha value is -1.52. The third kappa shape index (κ3) is 2.92. The number of hydrogen-bond acceptors (Lipinski definition) is 4. The highest BCUT2D eigenvalue weighted by atomic mass is 35.5. The smallest absolute Gasteiger partial charge is 0.350 e. The van der Waals surface area contributed by atoms with Crippen LogP contribution < -0.4 is 5.73 Å². The molecule has 0 aliphatic rings. The lowest BCUT2D eigenvalue weighted by atomic mass is 9.96. The standard InChI is InChI=1S/C16H18ClNO2S/c1-8(2)12-13(18)15(16(19)20-4)21-14(12)11-6-5-10(17)7-9(11)3/h5-8H,18H2,1-4H3. The fourth-order valence-corrected chi connectivity index (χ4v) is 3.97. The number of thiophene rings is 1. The number of aryl methyl sites for hydroxylation is 1. The van der Waals surface area contributed by atoms with Crippen molar-refractivity contribution in [3.8, 4) is 10.4 Å². The Bertz CT molecular complexity index is 692. The zero-order chi connectivity index (χ0) is 15.7. The second-order valence-corrected chi connectivity index (χ2v) is 6.65. The molecule has 0 amide bonds. The van der Waals surface area contributed by atoms with Crippen LogP contribution in [-0.2, 0) is 4.74 Å². The van der Waals surface area contributed by atoms with Crippen molar-refractivity contribution in [2.24, 2.45) is 0 Å². The van der Waals surface area contributed by atoms with Gasteiger partial charge < -0.3 is 10.5 Å². The van der Waals surface area contributed by atoms with Gasteiger partial charge in [-0.25, -0.2) is 4.79 Å². The number of rotatable bonds is 3. The summed E-state index contributed by atoms with van der Waals surface area (Å²) in [5.74, 6) is -0.179. The van der Waals surface area contributed by atoms with E-state index in [9.17, 15) is 4.79 Å². The van der Waals surface area contributed by atoms with Gasteiger partial charge in [-0.2, -0.15) is 0 Å². The second kappa shape index (κ2) is 6.08. The minimum Gasteiger partial charge on any atom is -0.465 e. The van der Waals surface area contributed by atoms with Crippen LogP contribution in [0.5, 0.6) is 0 Å². The van der Waals surface area contributed by atoms with Crippen LogP contribution in [0.2, 0.25) is 5.02 Å². The van der Waals surface area contributed by atoms with Crippen LogP contribution >= 0.6 is 22.9 Å². The zero-order valence-corrected chi connectivity index (χ0v) is 14.1. The summed E-state index contributed by atoms with van der Waals surface area (Å²) in [6.45, 7) is 6.13. The highest BCUT2D eigenvalue weighted by molar-refractivity contribution is 7.18. The van der Waals surface area contributed by atoms with Gasteiger partial charge in [-0.15, -0.1) is 11.3 Å². The molecule has 0 spiro atoms. The van der Waals surface area contributed by atoms with Gasteiger partial charge in [-0.05, 0) is 41.7 Å². The lowest BCUT2D eigenvalue weighted by Crippen LogP contribution is -2.03. The molecule has 112 valence electrons. The number of benzene rings is 1. The van der Waals surface area contributed by atoms with Gasteiger partial charge in [0.1, 0.15) is 4.88 Å². The van der Waals surface area contributed by atoms with Gasteiger partial charge >= 0.3 is 5.97 Å². The maximum Gasteiger partial charge on any atom is 0.350 e. The molecule has 0 fully saturated rings. The lowest BCUT2D eigenvalue weighted by molar-refractivity contribution is 0.0607. The van der Waals surface area contributed by atoms with Gasteiger partial charge in [0.15, 0.2) is 0 Å². The Balaban J connectivity index is 2.70. The van der Waals surface area contributed by atoms with Gasteiger partial charge in [-0.3, -0.25) is 0 Å². The number of hydrogen-bond donors (Lipinski definition) is 1. The number of nitrogen functional groups attached to an aromatic ring is 1. The Morgan fingerprint density at radius 1 is 1.38 bits per heavy atom. The van der Waals surface area contributed by atoms with Crippen molar-refractivity contribution < 1.29 is 9.53 Å². The fraction of sp³-hybridized carbons (Fsp3) is 0.312. The SMILES string of the molecule is COC(=O)c1sc(-c2ccc(Cl)cc2C)c(C(C)C)c1N. The van der Waals surface area contributed by atoms with Crippen LogP contribution in [0.15, 0.2) is 18.2 Å². The Kier molecular flexibility index (Phi) is 4.59. The normalized spacial score (nSPS) is 11.0. The number of ether oxygens (including phenoxy) is 1. The monoisotopic (exact) mass is 323 g/mol. The quantitative estimate of drug-likeness (QED) is 0.820. The number of esters is 1. The average molecular weight is 324 g/mol. The first-order valence-electron chi connectivity index (χ1n) is 6.63. The predicted molar refractivity (Wildman–Crippen MR) is 89.3 cm³/mol. The molecule has 2 aromatic rings. The number of carbonyl (C=O) groups is 1. The highest BCUT2D eigenvalue weighted by Gasteiger charge is 2.24. The number of carbonyl (C=O) groups excluding carboxylic acids is 1. The molecule has 5 heteroatoms. The molecule has 3 nitrogen and oxygen atoms in total. The minimum absolute atomic E-state index is 0.213. The summed E-state index contributed by atoms with van der Waals surface area (Å²) in [6, 6.07) is 5.73. The Labute approximate surface area is 133 Å². The van der Waals surface area contributed by atoms with Crippen LogP contribution in [0.1, 0.15) is 40.6 Å². The molecular weight excluding hydrogens is 306 g/mol. The molecule has 2 N–H and O–H groups in total. The molecule has 0 aliphatic carbocycles. The summed E-state index contributed by atoms with van der Waals surface area (Å²) in [5.41, 5.74) is 9.80. The first kappa shape index (κ1) is 15.9. The molecule has 0 unspecified atom stereocenters. The van der Waals surface area contributed by atoms with E-state index >= 15 is 0 Å². The van der Waals surface area contributed by atoms with E-state index in [2.05, 4.69) is 13.8 Å². The summed E-state index contributed by atoms with van der Waals surface area (Å²) in [7, 11) is 1.36. The van der Waals surface area contributed by atoms with Gasteiger partial charge in [0.2, 0.25) is 0 Å². The van der Waals surface area contributed by atoms with Crippen molar-refractivity contribution >= 4 is 34.6 Å². The van der Waals surface area contributed by atoms with Crippen LogP contribution in [0.3, 0.4) is 0 Å². The summed E-state index contributed by atoms with van der Waals surface area (Å²) in [5, 5.41) is 0.695. The van der Waals surface area contributed by atoms with Crippen molar-refractivity contribution in [2.75, 3.05) is 12.8 Å². The maximum atomic E-state index is 11.9. The summed E-state index contributed by atoms with van der Waals surface area (Å²) in [6.07, 6.45) is 0. The zero-order valence-electron chi connectivity index (χ0n) is 12.5. The van der Waals surface area contributed by atoms with Crippen molar-refractivity contribution in [1.82, 2.24) is 0 Å². The first-order chi connectivity index (χ1) is 9.86. The Morgan fingerprint density at radius 3 is 2.57 bits per heavy atom. The predicted octanol–water partition coefficient (Wildman–Crippen LogP) is 4.87. The highest BCUT2D eigenvalue weighted by Crippen LogP contribution is 2.44. The van der Waals surface area contributed by atoms with E-state index in [4.69, 9.17) is 22.1 Å². The number of methoxy groups -OCH3 is 1. The molecule has 0 atom stereocenters. The molecule has 1 aromatic heterocycles. The van der Waals surface area contributed by atoms with Crippen LogP contribution in [0.25, 0.3) is 10.4 Å². The van der Waals surface area contributed by atoms with Crippen molar-refractivity contribution in [3.05, 3.63) is 39.2 Å². The van der Waals surface area contributed by atoms with Gasteiger partial charge in [0.25, 0.3) is 0 Å². The number of nitrogens with two attached hydrogens (primary N) is 1. The van der Waals surface area contributed by atoms with E-state index in [0.717, 1.165) is 21.6 Å². The van der Waals surface area contributed by atoms with Gasteiger partial charge in [0.05, 0.1) is 12.8 Å². The molecule has 21 heavy (non-hydrogen) atoms. The molecule has 0 bridgehead atoms. The molecule has 0 saturated heterocycles. The van der Waals surface area contributed by atoms with E-state index in [0.29, 0.717) is 15.6 Å². The van der Waals surface area contributed by atoms with E-state index in [1.54, 1.807) is 0 Å². The molecule has 2 rings (SSSR count). The van der Waals surface area contributed by atoms with Crippen molar-refractivity contribution in [2.45, 2.75) is 26.7 Å². The van der Waals surface area contributed by atoms with Crippen LogP contribution in [0, 0.1) is 6.92 Å². The fourth-order valence-electron chi connectivity index (χ4n) is 2.36. The second-order valence-electron chi connectivity index (χ2n) is 5.19. The lowest BCUT2D eigenvalue weighted by Gasteiger charge is -2.11. The number of halogens is 1. The molecule has 1 heterocycles. The maximum absolute atomic E-state index is 11.9. The largest absolute Gasteiger partial charge is 0.465 e. The van der Waals surface area contributed by atoms with Crippen molar-refractivity contribution in [3.63, 3.8) is 0 Å². The Morgan fingerprint density at radius 2 is 2.05 bits per heavy atom. The van der Waals surface area contributed by atoms with Crippen molar-refractivity contribution in [1.29, 1.82) is 0 Å². The van der Waals surface area contributed by atoms with Crippen LogP contribution in [-0.4, -0.2) is 13.1 Å². The van der Waals surface area contributed by atoms with E-state index in [-0.39, 0.29) is 5.92 Å². The van der Waals surface area contributed by atoms with E-state index < -0.39 is 5.97 Å².